The smallest absolute Gasteiger partial charge is 0.142 e. The zero-order valence-corrected chi connectivity index (χ0v) is 12.6. The van der Waals surface area contributed by atoms with E-state index in [2.05, 4.69) is 12.2 Å². The Morgan fingerprint density at radius 1 is 1.05 bits per heavy atom. The largest absolute Gasteiger partial charge is 0.205 e. The fourth-order valence-corrected chi connectivity index (χ4v) is 4.07. The van der Waals surface area contributed by atoms with E-state index in [1.165, 1.54) is 51.0 Å². The molecule has 2 aliphatic carbocycles. The maximum absolute atomic E-state index is 13.4. The summed E-state index contributed by atoms with van der Waals surface area (Å²) in [7, 11) is 0. The summed E-state index contributed by atoms with van der Waals surface area (Å²) in [6.07, 6.45) is 14.1. The van der Waals surface area contributed by atoms with Gasteiger partial charge in [-0.25, -0.2) is 4.39 Å². The van der Waals surface area contributed by atoms with Crippen molar-refractivity contribution in [2.45, 2.75) is 44.9 Å². The third-order valence-corrected chi connectivity index (χ3v) is 5.39. The highest BCUT2D eigenvalue weighted by Crippen LogP contribution is 2.43. The highest BCUT2D eigenvalue weighted by atomic mass is 35.5. The van der Waals surface area contributed by atoms with Crippen molar-refractivity contribution < 1.29 is 4.39 Å². The molecule has 0 spiro atoms. The first-order valence-corrected chi connectivity index (χ1v) is 8.23. The summed E-state index contributed by atoms with van der Waals surface area (Å²) in [5.41, 5.74) is 0.915. The van der Waals surface area contributed by atoms with Gasteiger partial charge in [-0.3, -0.25) is 0 Å². The molecule has 0 saturated heterocycles. The summed E-state index contributed by atoms with van der Waals surface area (Å²) in [5.74, 6) is 2.27. The maximum Gasteiger partial charge on any atom is 0.142 e. The van der Waals surface area contributed by atoms with Crippen molar-refractivity contribution in [2.75, 3.05) is 0 Å². The second-order valence-electron chi connectivity index (χ2n) is 6.41. The van der Waals surface area contributed by atoms with Crippen LogP contribution in [0.2, 0.25) is 5.02 Å². The van der Waals surface area contributed by atoms with Gasteiger partial charge in [0, 0.05) is 0 Å². The molecule has 0 aliphatic heterocycles. The first-order valence-electron chi connectivity index (χ1n) is 7.85. The molecule has 1 aromatic rings. The van der Waals surface area contributed by atoms with Gasteiger partial charge in [0.05, 0.1) is 5.02 Å². The monoisotopic (exact) mass is 292 g/mol. The summed E-state index contributed by atoms with van der Waals surface area (Å²) < 4.78 is 13.4. The minimum atomic E-state index is -0.329. The highest BCUT2D eigenvalue weighted by Gasteiger charge is 2.30. The molecule has 0 amide bonds. The zero-order chi connectivity index (χ0) is 13.9. The van der Waals surface area contributed by atoms with E-state index in [9.17, 15) is 4.39 Å². The van der Waals surface area contributed by atoms with E-state index in [0.29, 0.717) is 5.92 Å². The number of benzene rings is 1. The molecule has 2 fully saturated rings. The number of rotatable bonds is 2. The number of fused-ring (bicyclic) bond motifs is 1. The maximum atomic E-state index is 13.4. The van der Waals surface area contributed by atoms with Crippen LogP contribution in [-0.4, -0.2) is 0 Å². The predicted octanol–water partition coefficient (Wildman–Crippen LogP) is 6.10. The third-order valence-electron chi connectivity index (χ3n) is 5.08. The second kappa shape index (κ2) is 6.30. The number of hydrogen-bond donors (Lipinski definition) is 0. The molecule has 2 saturated carbocycles. The normalized spacial score (nSPS) is 30.4. The van der Waals surface area contributed by atoms with Crippen molar-refractivity contribution in [1.82, 2.24) is 0 Å². The van der Waals surface area contributed by atoms with E-state index in [0.717, 1.165) is 17.4 Å². The minimum Gasteiger partial charge on any atom is -0.205 e. The van der Waals surface area contributed by atoms with Gasteiger partial charge in [-0.15, -0.1) is 0 Å². The standard InChI is InChI=1S/C18H22ClF/c19-17-10-8-14(12-18(17)20)6-5-13-7-9-15-3-1-2-4-16(15)11-13/h5-6,8,10,12-13,15-16H,1-4,7,9,11H2/b6-5+. The van der Waals surface area contributed by atoms with Gasteiger partial charge >= 0.3 is 0 Å². The van der Waals surface area contributed by atoms with Crippen LogP contribution in [0.5, 0.6) is 0 Å². The van der Waals surface area contributed by atoms with Gasteiger partial charge in [-0.1, -0.05) is 55.5 Å². The lowest BCUT2D eigenvalue weighted by Gasteiger charge is -2.38. The molecule has 108 valence electrons. The Bertz CT molecular complexity index is 494. The number of hydrogen-bond acceptors (Lipinski definition) is 0. The van der Waals surface area contributed by atoms with Crippen molar-refractivity contribution in [3.8, 4) is 0 Å². The van der Waals surface area contributed by atoms with Crippen molar-refractivity contribution in [2.24, 2.45) is 17.8 Å². The molecule has 2 heteroatoms. The lowest BCUT2D eigenvalue weighted by atomic mass is 9.67. The lowest BCUT2D eigenvalue weighted by molar-refractivity contribution is 0.147. The van der Waals surface area contributed by atoms with Crippen molar-refractivity contribution in [3.63, 3.8) is 0 Å². The van der Waals surface area contributed by atoms with E-state index < -0.39 is 0 Å². The molecule has 0 nitrogen and oxygen atoms in total. The molecule has 0 bridgehead atoms. The SMILES string of the molecule is Fc1cc(/C=C/C2CCC3CCCCC3C2)ccc1Cl. The molecule has 0 radical (unpaired) electrons. The van der Waals surface area contributed by atoms with Crippen LogP contribution in [-0.2, 0) is 0 Å². The summed E-state index contributed by atoms with van der Waals surface area (Å²) in [5, 5.41) is 0.199. The Morgan fingerprint density at radius 2 is 1.85 bits per heavy atom. The minimum absolute atomic E-state index is 0.199. The van der Waals surface area contributed by atoms with Gasteiger partial charge in [0.25, 0.3) is 0 Å². The van der Waals surface area contributed by atoms with Crippen LogP contribution in [0.3, 0.4) is 0 Å². The molecule has 3 atom stereocenters. The molecule has 3 rings (SSSR count). The Kier molecular flexibility index (Phi) is 4.45. The van der Waals surface area contributed by atoms with Gasteiger partial charge in [-0.2, -0.15) is 0 Å². The Balaban J connectivity index is 1.62. The Labute approximate surface area is 126 Å². The summed E-state index contributed by atoms with van der Waals surface area (Å²) in [6, 6.07) is 5.04. The zero-order valence-electron chi connectivity index (χ0n) is 11.8. The van der Waals surface area contributed by atoms with Crippen molar-refractivity contribution >= 4 is 17.7 Å². The Morgan fingerprint density at radius 3 is 2.65 bits per heavy atom. The Hall–Kier alpha value is -0.820. The van der Waals surface area contributed by atoms with Crippen LogP contribution in [0, 0.1) is 23.6 Å². The molecule has 20 heavy (non-hydrogen) atoms. The van der Waals surface area contributed by atoms with Crippen LogP contribution in [0.1, 0.15) is 50.5 Å². The van der Waals surface area contributed by atoms with Crippen molar-refractivity contribution in [1.29, 1.82) is 0 Å². The molecule has 2 aliphatic rings. The fourth-order valence-electron chi connectivity index (χ4n) is 3.95. The van der Waals surface area contributed by atoms with E-state index >= 15 is 0 Å². The molecule has 1 aromatic carbocycles. The first-order chi connectivity index (χ1) is 9.72. The summed E-state index contributed by atoms with van der Waals surface area (Å²) in [6.45, 7) is 0. The van der Waals surface area contributed by atoms with Crippen LogP contribution in [0.15, 0.2) is 24.3 Å². The molecule has 0 heterocycles. The average molecular weight is 293 g/mol. The molecule has 0 N–H and O–H groups in total. The molecular formula is C18H22ClF. The van der Waals surface area contributed by atoms with E-state index in [-0.39, 0.29) is 10.8 Å². The van der Waals surface area contributed by atoms with E-state index in [1.54, 1.807) is 6.07 Å². The van der Waals surface area contributed by atoms with Gasteiger partial charge in [-0.05, 0) is 54.7 Å². The predicted molar refractivity (Wildman–Crippen MR) is 83.2 cm³/mol. The summed E-state index contributed by atoms with van der Waals surface area (Å²) in [4.78, 5) is 0. The molecule has 3 unspecified atom stereocenters. The van der Waals surface area contributed by atoms with Gasteiger partial charge in [0.2, 0.25) is 0 Å². The first kappa shape index (κ1) is 14.1. The van der Waals surface area contributed by atoms with Crippen LogP contribution >= 0.6 is 11.6 Å². The van der Waals surface area contributed by atoms with Crippen LogP contribution in [0.4, 0.5) is 4.39 Å². The van der Waals surface area contributed by atoms with Gasteiger partial charge < -0.3 is 0 Å². The average Bonchev–Trinajstić information content (AvgIpc) is 2.48. The quantitative estimate of drug-likeness (QED) is 0.618. The summed E-state index contributed by atoms with van der Waals surface area (Å²) >= 11 is 5.71. The van der Waals surface area contributed by atoms with E-state index in [1.807, 2.05) is 6.07 Å². The third kappa shape index (κ3) is 3.25. The van der Waals surface area contributed by atoms with Gasteiger partial charge in [0.15, 0.2) is 0 Å². The number of allylic oxidation sites excluding steroid dienone is 1. The number of halogens is 2. The lowest BCUT2D eigenvalue weighted by Crippen LogP contribution is -2.26. The fraction of sp³-hybridized carbons (Fsp3) is 0.556. The topological polar surface area (TPSA) is 0 Å². The van der Waals surface area contributed by atoms with Crippen LogP contribution < -0.4 is 0 Å². The van der Waals surface area contributed by atoms with Gasteiger partial charge in [0.1, 0.15) is 5.82 Å². The van der Waals surface area contributed by atoms with Crippen LogP contribution in [0.25, 0.3) is 6.08 Å². The van der Waals surface area contributed by atoms with E-state index in [4.69, 9.17) is 11.6 Å². The second-order valence-corrected chi connectivity index (χ2v) is 6.82. The highest BCUT2D eigenvalue weighted by molar-refractivity contribution is 6.30. The molecular weight excluding hydrogens is 271 g/mol. The van der Waals surface area contributed by atoms with Crippen molar-refractivity contribution in [3.05, 3.63) is 40.7 Å². The molecule has 0 aromatic heterocycles.